The van der Waals surface area contributed by atoms with E-state index in [9.17, 15) is 10.1 Å². The lowest BCUT2D eigenvalue weighted by Gasteiger charge is -2.34. The van der Waals surface area contributed by atoms with Crippen LogP contribution in [0.2, 0.25) is 5.02 Å². The number of aromatic nitrogens is 1. The molecule has 0 N–H and O–H groups in total. The predicted octanol–water partition coefficient (Wildman–Crippen LogP) is 9.39. The number of rotatable bonds is 14. The van der Waals surface area contributed by atoms with Crippen molar-refractivity contribution < 1.29 is 19.0 Å². The summed E-state index contributed by atoms with van der Waals surface area (Å²) in [6.07, 6.45) is 5.83. The van der Waals surface area contributed by atoms with Gasteiger partial charge < -0.3 is 19.1 Å². The molecule has 2 heterocycles. The summed E-state index contributed by atoms with van der Waals surface area (Å²) in [5.41, 5.74) is 6.83. The molecule has 6 rings (SSSR count). The number of nitriles is 1. The number of hydrogen-bond donors (Lipinski definition) is 0. The van der Waals surface area contributed by atoms with Crippen LogP contribution in [0.1, 0.15) is 58.7 Å². The Kier molecular flexibility index (Phi) is 13.0. The van der Waals surface area contributed by atoms with Crippen molar-refractivity contribution in [3.8, 4) is 29.2 Å². The molecule has 9 heteroatoms. The molecule has 0 saturated carbocycles. The number of ether oxygens (including phenoxy) is 3. The zero-order valence-corrected chi connectivity index (χ0v) is 31.8. The molecule has 0 unspecified atom stereocenters. The summed E-state index contributed by atoms with van der Waals surface area (Å²) in [7, 11) is 0. The third-order valence-corrected chi connectivity index (χ3v) is 9.72. The number of amides is 1. The minimum atomic E-state index is -0.0196. The molecule has 1 fully saturated rings. The van der Waals surface area contributed by atoms with E-state index in [1.54, 1.807) is 42.6 Å². The van der Waals surface area contributed by atoms with E-state index in [4.69, 9.17) is 25.8 Å². The monoisotopic (exact) mass is 740 g/mol. The Morgan fingerprint density at radius 2 is 1.63 bits per heavy atom. The van der Waals surface area contributed by atoms with Gasteiger partial charge in [-0.1, -0.05) is 80.0 Å². The second kappa shape index (κ2) is 18.4. The van der Waals surface area contributed by atoms with Gasteiger partial charge in [0.1, 0.15) is 18.1 Å². The quantitative estimate of drug-likeness (QED) is 0.105. The molecular formula is C45H45ClN4O4. The Morgan fingerprint density at radius 3 is 2.31 bits per heavy atom. The molecule has 1 amide bonds. The normalized spacial score (nSPS) is 13.2. The number of aryl methyl sites for hydroxylation is 1. The number of pyridine rings is 1. The number of piperazine rings is 1. The van der Waals surface area contributed by atoms with Crippen LogP contribution in [0.5, 0.6) is 23.1 Å². The van der Waals surface area contributed by atoms with Gasteiger partial charge in [0.25, 0.3) is 0 Å². The van der Waals surface area contributed by atoms with Gasteiger partial charge >= 0.3 is 0 Å². The fourth-order valence-electron chi connectivity index (χ4n) is 6.22. The average Bonchev–Trinajstić information content (AvgIpc) is 3.19. The van der Waals surface area contributed by atoms with Crippen LogP contribution in [0.15, 0.2) is 109 Å². The molecule has 4 aromatic carbocycles. The molecule has 1 saturated heterocycles. The molecule has 1 aromatic heterocycles. The lowest BCUT2D eigenvalue weighted by molar-refractivity contribution is -0.127. The molecule has 0 atom stereocenters. The van der Waals surface area contributed by atoms with Gasteiger partial charge in [0.05, 0.1) is 29.5 Å². The fraction of sp³-hybridized carbons (Fsp3) is 0.267. The van der Waals surface area contributed by atoms with Crippen molar-refractivity contribution in [1.29, 1.82) is 5.26 Å². The van der Waals surface area contributed by atoms with E-state index >= 15 is 0 Å². The third-order valence-electron chi connectivity index (χ3n) is 9.44. The first kappa shape index (κ1) is 38.1. The van der Waals surface area contributed by atoms with Crippen LogP contribution < -0.4 is 14.2 Å². The van der Waals surface area contributed by atoms with E-state index in [1.165, 1.54) is 16.7 Å². The van der Waals surface area contributed by atoms with Gasteiger partial charge in [-0.15, -0.1) is 0 Å². The van der Waals surface area contributed by atoms with Gasteiger partial charge in [-0.3, -0.25) is 9.69 Å². The number of halogens is 1. The molecular weight excluding hydrogens is 696 g/mol. The summed E-state index contributed by atoms with van der Waals surface area (Å²) in [5.74, 6) is 2.81. The molecule has 0 bridgehead atoms. The topological polar surface area (TPSA) is 87.9 Å². The average molecular weight is 741 g/mol. The maximum absolute atomic E-state index is 13.1. The molecule has 8 nitrogen and oxygen atoms in total. The Hall–Kier alpha value is -5.62. The van der Waals surface area contributed by atoms with E-state index in [-0.39, 0.29) is 12.5 Å². The first-order chi connectivity index (χ1) is 26.2. The van der Waals surface area contributed by atoms with Crippen LogP contribution in [-0.4, -0.2) is 53.5 Å². The van der Waals surface area contributed by atoms with Gasteiger partial charge in [-0.2, -0.15) is 5.26 Å². The largest absolute Gasteiger partial charge is 0.493 e. The third kappa shape index (κ3) is 10.5. The van der Waals surface area contributed by atoms with Crippen LogP contribution in [-0.2, 0) is 24.4 Å². The first-order valence-electron chi connectivity index (χ1n) is 18.3. The highest BCUT2D eigenvalue weighted by Gasteiger charge is 2.20. The number of carbonyl (C=O) groups is 1. The first-order valence-corrected chi connectivity index (χ1v) is 18.7. The van der Waals surface area contributed by atoms with Crippen molar-refractivity contribution >= 4 is 23.6 Å². The summed E-state index contributed by atoms with van der Waals surface area (Å²) in [4.78, 5) is 21.7. The number of benzene rings is 4. The standard InChI is InChI=1S/C45H45ClN4O4/c1-32(2)37-13-15-40(16-14-37)52-25-20-34-8-10-35(11-9-34)30-49-21-23-50(24-22-49)44(51)19-12-36-26-33(3)45(42(46)27-36)54-43-18-17-41(29-48-43)53-31-39-7-5-4-6-38(39)28-47/h4-19,26-27,29,32H,20-25,30-31H2,1-3H3. The van der Waals surface area contributed by atoms with Crippen molar-refractivity contribution in [2.45, 2.75) is 46.3 Å². The number of nitrogens with zero attached hydrogens (tertiary/aromatic N) is 4. The van der Waals surface area contributed by atoms with Crippen LogP contribution in [0.3, 0.4) is 0 Å². The Labute approximate surface area is 323 Å². The summed E-state index contributed by atoms with van der Waals surface area (Å²) < 4.78 is 17.8. The van der Waals surface area contributed by atoms with Crippen LogP contribution in [0.25, 0.3) is 6.08 Å². The summed E-state index contributed by atoms with van der Waals surface area (Å²) in [6, 6.07) is 33.8. The van der Waals surface area contributed by atoms with E-state index in [1.807, 2.05) is 48.2 Å². The molecule has 54 heavy (non-hydrogen) atoms. The summed E-state index contributed by atoms with van der Waals surface area (Å²) in [6.45, 7) is 11.0. The van der Waals surface area contributed by atoms with Gasteiger partial charge in [0, 0.05) is 56.9 Å². The second-order valence-corrected chi connectivity index (χ2v) is 14.1. The highest BCUT2D eigenvalue weighted by Crippen LogP contribution is 2.34. The predicted molar refractivity (Wildman–Crippen MR) is 213 cm³/mol. The molecule has 1 aliphatic heterocycles. The molecule has 0 spiro atoms. The number of hydrogen-bond acceptors (Lipinski definition) is 7. The van der Waals surface area contributed by atoms with Gasteiger partial charge in [-0.05, 0) is 83.1 Å². The SMILES string of the molecule is Cc1cc(C=CC(=O)N2CCN(Cc3ccc(CCOc4ccc(C(C)C)cc4)cc3)CC2)cc(Cl)c1Oc1ccc(OCc2ccccc2C#N)cn1. The zero-order chi connectivity index (χ0) is 37.9. The molecule has 0 aliphatic carbocycles. The van der Waals surface area contributed by atoms with Crippen molar-refractivity contribution in [2.75, 3.05) is 32.8 Å². The number of carbonyl (C=O) groups excluding carboxylic acids is 1. The van der Waals surface area contributed by atoms with E-state index in [2.05, 4.69) is 66.2 Å². The van der Waals surface area contributed by atoms with Gasteiger partial charge in [0.2, 0.25) is 11.8 Å². The fourth-order valence-corrected chi connectivity index (χ4v) is 6.53. The van der Waals surface area contributed by atoms with Gasteiger partial charge in [-0.25, -0.2) is 4.98 Å². The summed E-state index contributed by atoms with van der Waals surface area (Å²) >= 11 is 6.63. The zero-order valence-electron chi connectivity index (χ0n) is 31.0. The molecule has 276 valence electrons. The minimum absolute atomic E-state index is 0.0196. The minimum Gasteiger partial charge on any atom is -0.493 e. The summed E-state index contributed by atoms with van der Waals surface area (Å²) in [5, 5.41) is 9.71. The van der Waals surface area contributed by atoms with E-state index < -0.39 is 0 Å². The van der Waals surface area contributed by atoms with Crippen molar-refractivity contribution in [3.63, 3.8) is 0 Å². The van der Waals surface area contributed by atoms with Crippen molar-refractivity contribution in [3.05, 3.63) is 153 Å². The van der Waals surface area contributed by atoms with E-state index in [0.29, 0.717) is 53.6 Å². The maximum atomic E-state index is 13.1. The van der Waals surface area contributed by atoms with E-state index in [0.717, 1.165) is 48.5 Å². The smallest absolute Gasteiger partial charge is 0.246 e. The van der Waals surface area contributed by atoms with Crippen LogP contribution in [0.4, 0.5) is 0 Å². The maximum Gasteiger partial charge on any atom is 0.246 e. The Balaban J connectivity index is 0.927. The van der Waals surface area contributed by atoms with Crippen LogP contribution in [0, 0.1) is 18.3 Å². The lowest BCUT2D eigenvalue weighted by Crippen LogP contribution is -2.47. The van der Waals surface area contributed by atoms with Crippen LogP contribution >= 0.6 is 11.6 Å². The Bertz CT molecular complexity index is 2060. The Morgan fingerprint density at radius 1 is 0.907 bits per heavy atom. The second-order valence-electron chi connectivity index (χ2n) is 13.7. The van der Waals surface area contributed by atoms with Crippen molar-refractivity contribution in [1.82, 2.24) is 14.8 Å². The molecule has 0 radical (unpaired) electrons. The molecule has 5 aromatic rings. The highest BCUT2D eigenvalue weighted by atomic mass is 35.5. The highest BCUT2D eigenvalue weighted by molar-refractivity contribution is 6.32. The lowest BCUT2D eigenvalue weighted by atomic mass is 10.0. The molecule has 1 aliphatic rings. The van der Waals surface area contributed by atoms with Gasteiger partial charge in [0.15, 0.2) is 5.75 Å². The van der Waals surface area contributed by atoms with Crippen molar-refractivity contribution in [2.24, 2.45) is 0 Å².